The van der Waals surface area contributed by atoms with Crippen LogP contribution in [0.5, 0.6) is 0 Å². The van der Waals surface area contributed by atoms with Gasteiger partial charge in [-0.2, -0.15) is 0 Å². The molecule has 0 aliphatic heterocycles. The van der Waals surface area contributed by atoms with Gasteiger partial charge in [-0.3, -0.25) is 9.59 Å². The molecular formula is C24H27Cl3N2O2S. The Kier molecular flexibility index (Phi) is 9.60. The Morgan fingerprint density at radius 2 is 1.72 bits per heavy atom. The van der Waals surface area contributed by atoms with E-state index in [1.54, 1.807) is 36.1 Å². The number of rotatable bonds is 9. The second-order valence-corrected chi connectivity index (χ2v) is 10.3. The van der Waals surface area contributed by atoms with E-state index < -0.39 is 6.04 Å². The maximum absolute atomic E-state index is 13.2. The molecule has 1 aliphatic carbocycles. The van der Waals surface area contributed by atoms with Crippen LogP contribution in [0.4, 0.5) is 0 Å². The lowest BCUT2D eigenvalue weighted by Crippen LogP contribution is -2.50. The van der Waals surface area contributed by atoms with Crippen LogP contribution in [0, 0.1) is 0 Å². The lowest BCUT2D eigenvalue weighted by Gasteiger charge is -2.29. The average Bonchev–Trinajstić information content (AvgIpc) is 3.27. The fourth-order valence-corrected chi connectivity index (χ4v) is 5.33. The highest BCUT2D eigenvalue weighted by Crippen LogP contribution is 2.25. The quantitative estimate of drug-likeness (QED) is 0.425. The van der Waals surface area contributed by atoms with Gasteiger partial charge in [0.25, 0.3) is 0 Å². The Morgan fingerprint density at radius 1 is 1.06 bits per heavy atom. The summed E-state index contributed by atoms with van der Waals surface area (Å²) in [6, 6.07) is 12.3. The third-order valence-electron chi connectivity index (χ3n) is 5.63. The predicted molar refractivity (Wildman–Crippen MR) is 134 cm³/mol. The van der Waals surface area contributed by atoms with Gasteiger partial charge in [-0.05, 0) is 55.2 Å². The van der Waals surface area contributed by atoms with Gasteiger partial charge in [0, 0.05) is 33.4 Å². The van der Waals surface area contributed by atoms with Gasteiger partial charge in [0.1, 0.15) is 6.04 Å². The van der Waals surface area contributed by atoms with Crippen LogP contribution < -0.4 is 5.32 Å². The maximum atomic E-state index is 13.2. The largest absolute Gasteiger partial charge is 0.352 e. The molecule has 2 amide bonds. The number of benzene rings is 2. The summed E-state index contributed by atoms with van der Waals surface area (Å²) in [7, 11) is 0. The van der Waals surface area contributed by atoms with E-state index in [2.05, 4.69) is 5.32 Å². The first-order valence-electron chi connectivity index (χ1n) is 10.7. The summed E-state index contributed by atoms with van der Waals surface area (Å²) in [5, 5.41) is 4.91. The molecular weight excluding hydrogens is 487 g/mol. The van der Waals surface area contributed by atoms with E-state index in [0.717, 1.165) is 36.8 Å². The van der Waals surface area contributed by atoms with Crippen molar-refractivity contribution in [2.45, 2.75) is 57.0 Å². The Labute approximate surface area is 209 Å². The Balaban J connectivity index is 1.66. The van der Waals surface area contributed by atoms with Crippen molar-refractivity contribution in [1.82, 2.24) is 10.2 Å². The molecule has 32 heavy (non-hydrogen) atoms. The topological polar surface area (TPSA) is 49.4 Å². The Bertz CT molecular complexity index is 933. The van der Waals surface area contributed by atoms with E-state index in [4.69, 9.17) is 34.8 Å². The molecule has 1 aliphatic rings. The molecule has 8 heteroatoms. The van der Waals surface area contributed by atoms with Crippen molar-refractivity contribution in [3.63, 3.8) is 0 Å². The van der Waals surface area contributed by atoms with Gasteiger partial charge < -0.3 is 10.2 Å². The van der Waals surface area contributed by atoms with Gasteiger partial charge in [0.05, 0.1) is 5.75 Å². The Hall–Kier alpha value is -1.40. The lowest BCUT2D eigenvalue weighted by atomic mass is 10.1. The van der Waals surface area contributed by atoms with Gasteiger partial charge in [0.2, 0.25) is 11.8 Å². The molecule has 2 aromatic rings. The van der Waals surface area contributed by atoms with Crippen LogP contribution in [-0.4, -0.2) is 34.6 Å². The summed E-state index contributed by atoms with van der Waals surface area (Å²) in [5.41, 5.74) is 1.85. The summed E-state index contributed by atoms with van der Waals surface area (Å²) in [5.74, 6) is 0.626. The first-order valence-corrected chi connectivity index (χ1v) is 13.0. The second kappa shape index (κ2) is 12.2. The highest BCUT2D eigenvalue weighted by atomic mass is 35.5. The molecule has 4 nitrogen and oxygen atoms in total. The Morgan fingerprint density at radius 3 is 2.38 bits per heavy atom. The predicted octanol–water partition coefficient (Wildman–Crippen LogP) is 6.36. The molecule has 0 saturated heterocycles. The standard InChI is InChI=1S/C24H27Cl3N2O2S/c1-16(24(31)28-21-4-2-3-5-21)29(13-17-6-9-19(25)10-7-17)23(30)15-32-14-18-8-11-20(26)12-22(18)27/h6-12,16,21H,2-5,13-15H2,1H3,(H,28,31)/t16-/m0/s1. The molecule has 0 spiro atoms. The molecule has 3 rings (SSSR count). The molecule has 2 aromatic carbocycles. The summed E-state index contributed by atoms with van der Waals surface area (Å²) >= 11 is 19.7. The number of carbonyl (C=O) groups is 2. The summed E-state index contributed by atoms with van der Waals surface area (Å²) < 4.78 is 0. The lowest BCUT2D eigenvalue weighted by molar-refractivity contribution is -0.138. The van der Waals surface area contributed by atoms with Crippen molar-refractivity contribution in [1.29, 1.82) is 0 Å². The number of halogens is 3. The van der Waals surface area contributed by atoms with Gasteiger partial charge in [-0.15, -0.1) is 11.8 Å². The minimum Gasteiger partial charge on any atom is -0.352 e. The average molecular weight is 514 g/mol. The van der Waals surface area contributed by atoms with E-state index >= 15 is 0 Å². The number of hydrogen-bond acceptors (Lipinski definition) is 3. The number of amides is 2. The molecule has 1 N–H and O–H groups in total. The zero-order valence-electron chi connectivity index (χ0n) is 18.0. The van der Waals surface area contributed by atoms with Crippen LogP contribution in [-0.2, 0) is 21.9 Å². The van der Waals surface area contributed by atoms with Crippen LogP contribution >= 0.6 is 46.6 Å². The van der Waals surface area contributed by atoms with Crippen LogP contribution in [0.25, 0.3) is 0 Å². The van der Waals surface area contributed by atoms with Crippen molar-refractivity contribution >= 4 is 58.4 Å². The van der Waals surface area contributed by atoms with E-state index in [0.29, 0.717) is 27.4 Å². The molecule has 1 atom stereocenters. The van der Waals surface area contributed by atoms with Crippen molar-refractivity contribution in [3.8, 4) is 0 Å². The van der Waals surface area contributed by atoms with Crippen LogP contribution in [0.15, 0.2) is 42.5 Å². The zero-order valence-corrected chi connectivity index (χ0v) is 21.0. The van der Waals surface area contributed by atoms with Gasteiger partial charge in [-0.25, -0.2) is 0 Å². The molecule has 0 bridgehead atoms. The number of hydrogen-bond donors (Lipinski definition) is 1. The SMILES string of the molecule is C[C@@H](C(=O)NC1CCCC1)N(Cc1ccc(Cl)cc1)C(=O)CSCc1ccc(Cl)cc1Cl. The first kappa shape index (κ1) is 25.2. The minimum absolute atomic E-state index is 0.0934. The third kappa shape index (κ3) is 7.31. The molecule has 172 valence electrons. The molecule has 0 aromatic heterocycles. The summed E-state index contributed by atoms with van der Waals surface area (Å²) in [6.45, 7) is 2.14. The smallest absolute Gasteiger partial charge is 0.242 e. The zero-order chi connectivity index (χ0) is 23.1. The monoisotopic (exact) mass is 512 g/mol. The molecule has 0 heterocycles. The van der Waals surface area contributed by atoms with Crippen molar-refractivity contribution < 1.29 is 9.59 Å². The number of nitrogens with zero attached hydrogens (tertiary/aromatic N) is 1. The van der Waals surface area contributed by atoms with Crippen LogP contribution in [0.1, 0.15) is 43.7 Å². The molecule has 1 saturated carbocycles. The molecule has 0 unspecified atom stereocenters. The van der Waals surface area contributed by atoms with Gasteiger partial charge in [0.15, 0.2) is 0 Å². The van der Waals surface area contributed by atoms with Gasteiger partial charge >= 0.3 is 0 Å². The van der Waals surface area contributed by atoms with Crippen molar-refractivity contribution in [3.05, 3.63) is 68.7 Å². The fraction of sp³-hybridized carbons (Fsp3) is 0.417. The second-order valence-electron chi connectivity index (χ2n) is 8.04. The number of thioether (sulfide) groups is 1. The highest BCUT2D eigenvalue weighted by molar-refractivity contribution is 7.99. The van der Waals surface area contributed by atoms with E-state index in [9.17, 15) is 9.59 Å². The number of nitrogens with one attached hydrogen (secondary N) is 1. The fourth-order valence-electron chi connectivity index (χ4n) is 3.73. The van der Waals surface area contributed by atoms with E-state index in [1.165, 1.54) is 11.8 Å². The normalized spacial score (nSPS) is 14.9. The van der Waals surface area contributed by atoms with Crippen LogP contribution in [0.3, 0.4) is 0 Å². The third-order valence-corrected chi connectivity index (χ3v) is 7.44. The van der Waals surface area contributed by atoms with Crippen molar-refractivity contribution in [2.75, 3.05) is 5.75 Å². The van der Waals surface area contributed by atoms with E-state index in [1.807, 2.05) is 18.2 Å². The van der Waals surface area contributed by atoms with Crippen LogP contribution in [0.2, 0.25) is 15.1 Å². The van der Waals surface area contributed by atoms with Crippen molar-refractivity contribution in [2.24, 2.45) is 0 Å². The maximum Gasteiger partial charge on any atom is 0.242 e. The molecule has 1 fully saturated rings. The molecule has 0 radical (unpaired) electrons. The minimum atomic E-state index is -0.571. The summed E-state index contributed by atoms with van der Waals surface area (Å²) in [4.78, 5) is 27.7. The highest BCUT2D eigenvalue weighted by Gasteiger charge is 2.28. The number of carbonyl (C=O) groups excluding carboxylic acids is 2. The first-order chi connectivity index (χ1) is 15.3. The van der Waals surface area contributed by atoms with Gasteiger partial charge in [-0.1, -0.05) is 65.8 Å². The summed E-state index contributed by atoms with van der Waals surface area (Å²) in [6.07, 6.45) is 4.27. The van der Waals surface area contributed by atoms with E-state index in [-0.39, 0.29) is 23.6 Å².